The highest BCUT2D eigenvalue weighted by molar-refractivity contribution is 7.07. The number of carboxylic acids is 1. The molecule has 15 heavy (non-hydrogen) atoms. The molecular formula is C8H9N3O3S. The molecule has 0 unspecified atom stereocenters. The normalized spacial score (nSPS) is 20.5. The van der Waals surface area contributed by atoms with Crippen LogP contribution in [0.25, 0.3) is 0 Å². The van der Waals surface area contributed by atoms with Crippen molar-refractivity contribution >= 4 is 23.4 Å². The molecule has 7 heteroatoms. The first-order chi connectivity index (χ1) is 7.20. The SMILES string of the molecule is O=C(O)[C@@H]1CCCN1C(=O)c1cnns1. The van der Waals surface area contributed by atoms with E-state index in [1.54, 1.807) is 0 Å². The Morgan fingerprint density at radius 2 is 2.40 bits per heavy atom. The Morgan fingerprint density at radius 3 is 3.00 bits per heavy atom. The molecule has 1 atom stereocenters. The number of hydrogen-bond donors (Lipinski definition) is 1. The third-order valence-corrected chi connectivity index (χ3v) is 3.02. The maximum absolute atomic E-state index is 11.8. The van der Waals surface area contributed by atoms with Crippen LogP contribution in [0.5, 0.6) is 0 Å². The van der Waals surface area contributed by atoms with Crippen LogP contribution < -0.4 is 0 Å². The van der Waals surface area contributed by atoms with Crippen LogP contribution in [0, 0.1) is 0 Å². The summed E-state index contributed by atoms with van der Waals surface area (Å²) in [5.41, 5.74) is 0. The molecule has 2 heterocycles. The number of hydrogen-bond acceptors (Lipinski definition) is 5. The lowest BCUT2D eigenvalue weighted by atomic mass is 10.2. The topological polar surface area (TPSA) is 83.4 Å². The van der Waals surface area contributed by atoms with Gasteiger partial charge in [-0.05, 0) is 24.4 Å². The predicted octanol–water partition coefficient (Wildman–Crippen LogP) is 0.227. The molecule has 6 nitrogen and oxygen atoms in total. The van der Waals surface area contributed by atoms with Crippen molar-refractivity contribution in [1.82, 2.24) is 14.5 Å². The number of rotatable bonds is 2. The van der Waals surface area contributed by atoms with E-state index in [1.807, 2.05) is 0 Å². The van der Waals surface area contributed by atoms with E-state index in [1.165, 1.54) is 11.1 Å². The van der Waals surface area contributed by atoms with Gasteiger partial charge in [0.15, 0.2) is 0 Å². The van der Waals surface area contributed by atoms with Gasteiger partial charge in [0.1, 0.15) is 10.9 Å². The number of carboxylic acid groups (broad SMARTS) is 1. The quantitative estimate of drug-likeness (QED) is 0.781. The van der Waals surface area contributed by atoms with Gasteiger partial charge in [-0.3, -0.25) is 4.79 Å². The zero-order valence-electron chi connectivity index (χ0n) is 7.79. The van der Waals surface area contributed by atoms with Crippen LogP contribution in [-0.4, -0.2) is 44.1 Å². The van der Waals surface area contributed by atoms with Crippen LogP contribution in [0.4, 0.5) is 0 Å². The van der Waals surface area contributed by atoms with E-state index in [9.17, 15) is 9.59 Å². The summed E-state index contributed by atoms with van der Waals surface area (Å²) in [5.74, 6) is -1.23. The second-order valence-electron chi connectivity index (χ2n) is 3.28. The van der Waals surface area contributed by atoms with Gasteiger partial charge in [0.2, 0.25) is 0 Å². The number of aliphatic carboxylic acids is 1. The molecule has 0 radical (unpaired) electrons. The summed E-state index contributed by atoms with van der Waals surface area (Å²) in [4.78, 5) is 24.4. The standard InChI is InChI=1S/C8H9N3O3S/c12-7(6-4-9-10-15-6)11-3-1-2-5(11)8(13)14/h4-5H,1-3H2,(H,13,14)/t5-/m0/s1. The van der Waals surface area contributed by atoms with E-state index in [0.717, 1.165) is 18.0 Å². The summed E-state index contributed by atoms with van der Waals surface area (Å²) in [6.45, 7) is 0.494. The average Bonchev–Trinajstić information content (AvgIpc) is 2.88. The van der Waals surface area contributed by atoms with Gasteiger partial charge in [-0.25, -0.2) is 4.79 Å². The highest BCUT2D eigenvalue weighted by atomic mass is 32.1. The largest absolute Gasteiger partial charge is 0.480 e. The molecule has 1 aliphatic heterocycles. The fraction of sp³-hybridized carbons (Fsp3) is 0.500. The molecule has 0 bridgehead atoms. The zero-order valence-corrected chi connectivity index (χ0v) is 8.61. The maximum atomic E-state index is 11.8. The fourth-order valence-corrected chi connectivity index (χ4v) is 2.14. The van der Waals surface area contributed by atoms with Crippen LogP contribution in [0.1, 0.15) is 22.5 Å². The third kappa shape index (κ3) is 1.82. The molecule has 1 saturated heterocycles. The van der Waals surface area contributed by atoms with Crippen molar-refractivity contribution in [1.29, 1.82) is 0 Å². The van der Waals surface area contributed by atoms with E-state index in [0.29, 0.717) is 17.8 Å². The van der Waals surface area contributed by atoms with Crippen molar-refractivity contribution in [3.63, 3.8) is 0 Å². The summed E-state index contributed by atoms with van der Waals surface area (Å²) in [7, 11) is 0. The Bertz CT molecular complexity index is 378. The number of carbonyl (C=O) groups is 2. The van der Waals surface area contributed by atoms with E-state index in [4.69, 9.17) is 5.11 Å². The van der Waals surface area contributed by atoms with Crippen LogP contribution in [0.15, 0.2) is 6.20 Å². The molecule has 0 aromatic carbocycles. The highest BCUT2D eigenvalue weighted by Gasteiger charge is 2.34. The van der Waals surface area contributed by atoms with Crippen molar-refractivity contribution in [3.8, 4) is 0 Å². The Balaban J connectivity index is 2.17. The summed E-state index contributed by atoms with van der Waals surface area (Å²) in [5, 5.41) is 12.5. The van der Waals surface area contributed by atoms with Gasteiger partial charge in [0.05, 0.1) is 6.20 Å². The minimum absolute atomic E-state index is 0.282. The molecule has 0 saturated carbocycles. The predicted molar refractivity (Wildman–Crippen MR) is 51.6 cm³/mol. The Hall–Kier alpha value is -1.50. The molecule has 1 aromatic rings. The number of carbonyl (C=O) groups excluding carboxylic acids is 1. The summed E-state index contributed by atoms with van der Waals surface area (Å²) >= 11 is 0.986. The monoisotopic (exact) mass is 227 g/mol. The zero-order chi connectivity index (χ0) is 10.8. The molecule has 1 aliphatic rings. The maximum Gasteiger partial charge on any atom is 0.326 e. The van der Waals surface area contributed by atoms with E-state index in [2.05, 4.69) is 9.59 Å². The molecule has 1 amide bonds. The number of amides is 1. The van der Waals surface area contributed by atoms with Crippen molar-refractivity contribution in [2.45, 2.75) is 18.9 Å². The lowest BCUT2D eigenvalue weighted by molar-refractivity contribution is -0.141. The van der Waals surface area contributed by atoms with Gasteiger partial charge in [0, 0.05) is 6.54 Å². The van der Waals surface area contributed by atoms with Gasteiger partial charge in [-0.15, -0.1) is 5.10 Å². The summed E-state index contributed by atoms with van der Waals surface area (Å²) < 4.78 is 3.58. The highest BCUT2D eigenvalue weighted by Crippen LogP contribution is 2.20. The van der Waals surface area contributed by atoms with Crippen LogP contribution in [-0.2, 0) is 4.79 Å². The van der Waals surface area contributed by atoms with Gasteiger partial charge in [-0.1, -0.05) is 4.49 Å². The van der Waals surface area contributed by atoms with E-state index in [-0.39, 0.29) is 5.91 Å². The van der Waals surface area contributed by atoms with E-state index < -0.39 is 12.0 Å². The fourth-order valence-electron chi connectivity index (χ4n) is 1.67. The van der Waals surface area contributed by atoms with Crippen LogP contribution in [0.2, 0.25) is 0 Å². The van der Waals surface area contributed by atoms with E-state index >= 15 is 0 Å². The Kier molecular flexibility index (Phi) is 2.63. The Morgan fingerprint density at radius 1 is 1.60 bits per heavy atom. The van der Waals surface area contributed by atoms with Crippen molar-refractivity contribution in [3.05, 3.63) is 11.1 Å². The smallest absolute Gasteiger partial charge is 0.326 e. The van der Waals surface area contributed by atoms with Crippen LogP contribution >= 0.6 is 11.5 Å². The second-order valence-corrected chi connectivity index (χ2v) is 4.06. The third-order valence-electron chi connectivity index (χ3n) is 2.37. The molecule has 1 fully saturated rings. The second kappa shape index (κ2) is 3.93. The molecule has 0 spiro atoms. The first-order valence-corrected chi connectivity index (χ1v) is 5.28. The van der Waals surface area contributed by atoms with Crippen molar-refractivity contribution < 1.29 is 14.7 Å². The number of aromatic nitrogens is 2. The lowest BCUT2D eigenvalue weighted by Gasteiger charge is -2.19. The molecular weight excluding hydrogens is 218 g/mol. The average molecular weight is 227 g/mol. The Labute approximate surface area is 89.7 Å². The van der Waals surface area contributed by atoms with Gasteiger partial charge in [-0.2, -0.15) is 0 Å². The van der Waals surface area contributed by atoms with Crippen molar-refractivity contribution in [2.24, 2.45) is 0 Å². The lowest BCUT2D eigenvalue weighted by Crippen LogP contribution is -2.40. The minimum atomic E-state index is -0.946. The summed E-state index contributed by atoms with van der Waals surface area (Å²) in [6, 6.07) is -0.695. The first-order valence-electron chi connectivity index (χ1n) is 4.51. The molecule has 1 N–H and O–H groups in total. The van der Waals surface area contributed by atoms with Gasteiger partial charge < -0.3 is 10.0 Å². The first kappa shape index (κ1) is 10.0. The minimum Gasteiger partial charge on any atom is -0.480 e. The van der Waals surface area contributed by atoms with Crippen molar-refractivity contribution in [2.75, 3.05) is 6.54 Å². The van der Waals surface area contributed by atoms with Gasteiger partial charge >= 0.3 is 5.97 Å². The van der Waals surface area contributed by atoms with Crippen LogP contribution in [0.3, 0.4) is 0 Å². The summed E-state index contributed by atoms with van der Waals surface area (Å²) in [6.07, 6.45) is 2.62. The number of likely N-dealkylation sites (tertiary alicyclic amines) is 1. The number of nitrogens with zero attached hydrogens (tertiary/aromatic N) is 3. The van der Waals surface area contributed by atoms with Gasteiger partial charge in [0.25, 0.3) is 5.91 Å². The molecule has 1 aromatic heterocycles. The molecule has 2 rings (SSSR count). The molecule has 0 aliphatic carbocycles. The molecule has 80 valence electrons.